The van der Waals surface area contributed by atoms with Crippen LogP contribution in [0.3, 0.4) is 0 Å². The van der Waals surface area contributed by atoms with E-state index in [0.29, 0.717) is 13.0 Å². The predicted molar refractivity (Wildman–Crippen MR) is 136 cm³/mol. The molecule has 0 radical (unpaired) electrons. The topological polar surface area (TPSA) is 87.7 Å². The number of alkyl carbamates (subject to hydrolysis) is 1. The first-order valence-electron chi connectivity index (χ1n) is 12.6. The van der Waals surface area contributed by atoms with Crippen LogP contribution in [0.15, 0.2) is 24.3 Å². The van der Waals surface area contributed by atoms with Gasteiger partial charge in [-0.3, -0.25) is 9.59 Å². The van der Waals surface area contributed by atoms with E-state index in [1.165, 1.54) is 4.90 Å². The molecule has 1 aromatic rings. The highest BCUT2D eigenvalue weighted by Gasteiger charge is 2.36. The summed E-state index contributed by atoms with van der Waals surface area (Å²) < 4.78 is 5.39. The summed E-state index contributed by atoms with van der Waals surface area (Å²) in [5.74, 6) is -0.692. The molecule has 0 saturated carbocycles. The number of amides is 3. The maximum atomic E-state index is 13.6. The van der Waals surface area contributed by atoms with Crippen LogP contribution < -0.4 is 10.6 Å². The molecule has 192 valence electrons. The van der Waals surface area contributed by atoms with Gasteiger partial charge in [-0.25, -0.2) is 4.79 Å². The van der Waals surface area contributed by atoms with Crippen LogP contribution in [0.4, 0.5) is 4.79 Å². The van der Waals surface area contributed by atoms with Gasteiger partial charge in [-0.05, 0) is 50.7 Å². The zero-order valence-corrected chi connectivity index (χ0v) is 22.4. The van der Waals surface area contributed by atoms with E-state index in [1.54, 1.807) is 27.8 Å². The van der Waals surface area contributed by atoms with Crippen molar-refractivity contribution in [2.45, 2.75) is 98.3 Å². The van der Waals surface area contributed by atoms with Crippen molar-refractivity contribution in [1.82, 2.24) is 15.5 Å². The lowest BCUT2D eigenvalue weighted by Gasteiger charge is -2.33. The fourth-order valence-corrected chi connectivity index (χ4v) is 3.63. The molecule has 34 heavy (non-hydrogen) atoms. The highest BCUT2D eigenvalue weighted by atomic mass is 16.6. The Labute approximate surface area is 206 Å². The Kier molecular flexibility index (Phi) is 12.1. The second kappa shape index (κ2) is 14.0. The quantitative estimate of drug-likeness (QED) is 0.417. The van der Waals surface area contributed by atoms with Crippen LogP contribution in [0.5, 0.6) is 0 Å². The van der Waals surface area contributed by atoms with Crippen molar-refractivity contribution >= 4 is 17.9 Å². The fraction of sp³-hybridized carbons (Fsp3) is 0.667. The minimum atomic E-state index is -0.810. The second-order valence-electron chi connectivity index (χ2n) is 9.95. The zero-order chi connectivity index (χ0) is 25.9. The molecule has 0 aliphatic heterocycles. The summed E-state index contributed by atoms with van der Waals surface area (Å²) in [7, 11) is 1.62. The number of ether oxygens (including phenoxy) is 1. The largest absolute Gasteiger partial charge is 0.444 e. The highest BCUT2D eigenvalue weighted by Crippen LogP contribution is 2.24. The summed E-state index contributed by atoms with van der Waals surface area (Å²) in [5.41, 5.74) is 1.21. The van der Waals surface area contributed by atoms with E-state index < -0.39 is 23.8 Å². The Bertz CT molecular complexity index is 786. The monoisotopic (exact) mass is 475 g/mol. The molecule has 0 saturated heterocycles. The molecule has 1 aromatic carbocycles. The minimum absolute atomic E-state index is 0.141. The Morgan fingerprint density at radius 2 is 1.65 bits per heavy atom. The third-order valence-corrected chi connectivity index (χ3v) is 5.92. The van der Waals surface area contributed by atoms with Crippen LogP contribution in [-0.2, 0) is 20.7 Å². The van der Waals surface area contributed by atoms with Gasteiger partial charge in [-0.2, -0.15) is 0 Å². The van der Waals surface area contributed by atoms with Crippen LogP contribution in [0.25, 0.3) is 0 Å². The summed E-state index contributed by atoms with van der Waals surface area (Å²) in [6.07, 6.45) is 3.89. The Balaban J connectivity index is 3.21. The number of carbonyl (C=O) groups is 3. The molecular weight excluding hydrogens is 430 g/mol. The number of hydrogen-bond acceptors (Lipinski definition) is 4. The van der Waals surface area contributed by atoms with Crippen LogP contribution in [0.1, 0.15) is 91.3 Å². The molecule has 0 heterocycles. The molecule has 0 spiro atoms. The van der Waals surface area contributed by atoms with Gasteiger partial charge in [-0.15, -0.1) is 0 Å². The molecule has 3 amide bonds. The van der Waals surface area contributed by atoms with Gasteiger partial charge in [0.05, 0.1) is 0 Å². The summed E-state index contributed by atoms with van der Waals surface area (Å²) in [5, 5.41) is 5.73. The molecule has 0 aliphatic carbocycles. The summed E-state index contributed by atoms with van der Waals surface area (Å²) in [4.78, 5) is 40.8. The van der Waals surface area contributed by atoms with Crippen LogP contribution >= 0.6 is 0 Å². The normalized spacial score (nSPS) is 14.0. The minimum Gasteiger partial charge on any atom is -0.444 e. The standard InChI is InChI=1S/C27H45N3O4/c1-9-12-13-18-28-24(31)23(21-16-14-20(11-3)15-17-21)30(8)25(32)22(19(4)10-2)29-26(33)34-27(5,6)7/h14-17,19,22-23H,9-13,18H2,1-8H3,(H,28,31)(H,29,33). The van der Waals surface area contributed by atoms with Crippen molar-refractivity contribution in [3.8, 4) is 0 Å². The Morgan fingerprint density at radius 1 is 1.03 bits per heavy atom. The molecule has 0 fully saturated rings. The number of carbonyl (C=O) groups excluding carboxylic acids is 3. The lowest BCUT2D eigenvalue weighted by Crippen LogP contribution is -2.54. The summed E-state index contributed by atoms with van der Waals surface area (Å²) in [6.45, 7) is 13.9. The van der Waals surface area contributed by atoms with Gasteiger partial charge in [0.25, 0.3) is 0 Å². The highest BCUT2D eigenvalue weighted by molar-refractivity contribution is 5.92. The van der Waals surface area contributed by atoms with Crippen molar-refractivity contribution in [2.75, 3.05) is 13.6 Å². The summed E-state index contributed by atoms with van der Waals surface area (Å²) in [6, 6.07) is 6.16. The molecule has 2 N–H and O–H groups in total. The van der Waals surface area contributed by atoms with E-state index in [4.69, 9.17) is 4.74 Å². The number of unbranched alkanes of at least 4 members (excludes halogenated alkanes) is 2. The van der Waals surface area contributed by atoms with Crippen molar-refractivity contribution in [3.05, 3.63) is 35.4 Å². The number of likely N-dealkylation sites (N-methyl/N-ethyl adjacent to an activating group) is 1. The molecule has 0 aromatic heterocycles. The molecule has 0 aliphatic rings. The second-order valence-corrected chi connectivity index (χ2v) is 9.95. The molecule has 3 atom stereocenters. The molecular formula is C27H45N3O4. The van der Waals surface area contributed by atoms with Gasteiger partial charge in [0.2, 0.25) is 11.8 Å². The average Bonchev–Trinajstić information content (AvgIpc) is 2.78. The number of nitrogens with one attached hydrogen (secondary N) is 2. The van der Waals surface area contributed by atoms with Crippen molar-refractivity contribution in [1.29, 1.82) is 0 Å². The third-order valence-electron chi connectivity index (χ3n) is 5.92. The van der Waals surface area contributed by atoms with E-state index in [1.807, 2.05) is 38.1 Å². The summed E-state index contributed by atoms with van der Waals surface area (Å²) >= 11 is 0. The third kappa shape index (κ3) is 9.35. The smallest absolute Gasteiger partial charge is 0.408 e. The first kappa shape index (κ1) is 29.5. The van der Waals surface area contributed by atoms with Crippen LogP contribution in [0.2, 0.25) is 0 Å². The van der Waals surface area contributed by atoms with Crippen LogP contribution in [0, 0.1) is 5.92 Å². The van der Waals surface area contributed by atoms with E-state index in [0.717, 1.165) is 36.8 Å². The van der Waals surface area contributed by atoms with Gasteiger partial charge in [0, 0.05) is 13.6 Å². The average molecular weight is 476 g/mol. The van der Waals surface area contributed by atoms with Gasteiger partial charge in [0.1, 0.15) is 17.7 Å². The van der Waals surface area contributed by atoms with Gasteiger partial charge >= 0.3 is 6.09 Å². The molecule has 7 nitrogen and oxygen atoms in total. The lowest BCUT2D eigenvalue weighted by atomic mass is 9.96. The van der Waals surface area contributed by atoms with Crippen molar-refractivity contribution < 1.29 is 19.1 Å². The first-order valence-corrected chi connectivity index (χ1v) is 12.6. The number of aryl methyl sites for hydroxylation is 1. The predicted octanol–water partition coefficient (Wildman–Crippen LogP) is 4.99. The molecule has 1 rings (SSSR count). The molecule has 3 unspecified atom stereocenters. The maximum absolute atomic E-state index is 13.6. The number of rotatable bonds is 12. The maximum Gasteiger partial charge on any atom is 0.408 e. The van der Waals surface area contributed by atoms with E-state index in [9.17, 15) is 14.4 Å². The zero-order valence-electron chi connectivity index (χ0n) is 22.4. The fourth-order valence-electron chi connectivity index (χ4n) is 3.63. The van der Waals surface area contributed by atoms with Gasteiger partial charge in [-0.1, -0.05) is 71.2 Å². The van der Waals surface area contributed by atoms with E-state index >= 15 is 0 Å². The SMILES string of the molecule is CCCCCNC(=O)C(c1ccc(CC)cc1)N(C)C(=O)C(NC(=O)OC(C)(C)C)C(C)CC. The molecule has 0 bridgehead atoms. The van der Waals surface area contributed by atoms with E-state index in [-0.39, 0.29) is 17.7 Å². The Hall–Kier alpha value is -2.57. The Morgan fingerprint density at radius 3 is 2.15 bits per heavy atom. The number of benzene rings is 1. The van der Waals surface area contributed by atoms with Crippen molar-refractivity contribution in [3.63, 3.8) is 0 Å². The van der Waals surface area contributed by atoms with Crippen molar-refractivity contribution in [2.24, 2.45) is 5.92 Å². The number of hydrogen-bond donors (Lipinski definition) is 2. The number of nitrogens with zero attached hydrogens (tertiary/aromatic N) is 1. The van der Waals surface area contributed by atoms with E-state index in [2.05, 4.69) is 24.5 Å². The van der Waals surface area contributed by atoms with Gasteiger partial charge in [0.15, 0.2) is 0 Å². The molecule has 7 heteroatoms. The lowest BCUT2D eigenvalue weighted by molar-refractivity contribution is -0.141. The van der Waals surface area contributed by atoms with Crippen LogP contribution in [-0.4, -0.2) is 48.0 Å². The van der Waals surface area contributed by atoms with Gasteiger partial charge < -0.3 is 20.3 Å². The first-order chi connectivity index (χ1) is 15.9.